The van der Waals surface area contributed by atoms with Gasteiger partial charge in [-0.2, -0.15) is 0 Å². The number of nitrogens with one attached hydrogen (secondary N) is 1. The van der Waals surface area contributed by atoms with Gasteiger partial charge in [0.2, 0.25) is 0 Å². The van der Waals surface area contributed by atoms with Crippen molar-refractivity contribution in [1.82, 2.24) is 5.32 Å². The van der Waals surface area contributed by atoms with E-state index >= 15 is 0 Å². The molecule has 106 valence electrons. The van der Waals surface area contributed by atoms with E-state index < -0.39 is 0 Å². The Hall–Kier alpha value is -1.26. The summed E-state index contributed by atoms with van der Waals surface area (Å²) in [6, 6.07) is 4.64. The minimum absolute atomic E-state index is 0.00488. The second-order valence-corrected chi connectivity index (χ2v) is 5.48. The van der Waals surface area contributed by atoms with Gasteiger partial charge < -0.3 is 20.6 Å². The molecule has 1 saturated carbocycles. The van der Waals surface area contributed by atoms with E-state index in [1.165, 1.54) is 12.5 Å². The fourth-order valence-electron chi connectivity index (χ4n) is 2.76. The van der Waals surface area contributed by atoms with Gasteiger partial charge in [-0.15, -0.1) is 0 Å². The largest absolute Gasteiger partial charge is 0.508 e. The van der Waals surface area contributed by atoms with E-state index in [2.05, 4.69) is 5.32 Å². The summed E-state index contributed by atoms with van der Waals surface area (Å²) in [5.74, 6) is 0.468. The SMILES string of the molecule is CC(NCC1CCCCC1O)c1ccc(O)cc1O. The number of aromatic hydroxyl groups is 2. The summed E-state index contributed by atoms with van der Waals surface area (Å²) in [6.07, 6.45) is 4.05. The minimum Gasteiger partial charge on any atom is -0.508 e. The van der Waals surface area contributed by atoms with Crippen molar-refractivity contribution in [3.05, 3.63) is 23.8 Å². The van der Waals surface area contributed by atoms with E-state index in [-0.39, 0.29) is 23.6 Å². The van der Waals surface area contributed by atoms with Crippen LogP contribution in [-0.2, 0) is 0 Å². The fraction of sp³-hybridized carbons (Fsp3) is 0.600. The van der Waals surface area contributed by atoms with Crippen LogP contribution in [0.4, 0.5) is 0 Å². The number of phenolic OH excluding ortho intramolecular Hbond substituents is 2. The van der Waals surface area contributed by atoms with E-state index in [9.17, 15) is 15.3 Å². The predicted molar refractivity (Wildman–Crippen MR) is 74.2 cm³/mol. The first kappa shape index (κ1) is 14.2. The molecule has 19 heavy (non-hydrogen) atoms. The van der Waals surface area contributed by atoms with Crippen molar-refractivity contribution in [3.8, 4) is 11.5 Å². The quantitative estimate of drug-likeness (QED) is 0.674. The van der Waals surface area contributed by atoms with Crippen LogP contribution in [0.2, 0.25) is 0 Å². The first-order valence-electron chi connectivity index (χ1n) is 7.01. The molecular weight excluding hydrogens is 242 g/mol. The Kier molecular flexibility index (Phi) is 4.66. The lowest BCUT2D eigenvalue weighted by molar-refractivity contribution is 0.0684. The first-order chi connectivity index (χ1) is 9.08. The average Bonchev–Trinajstić information content (AvgIpc) is 2.37. The maximum atomic E-state index is 9.92. The third kappa shape index (κ3) is 3.61. The van der Waals surface area contributed by atoms with Crippen molar-refractivity contribution >= 4 is 0 Å². The number of aliphatic hydroxyl groups excluding tert-OH is 1. The number of rotatable bonds is 4. The lowest BCUT2D eigenvalue weighted by Crippen LogP contribution is -2.34. The highest BCUT2D eigenvalue weighted by Gasteiger charge is 2.23. The summed E-state index contributed by atoms with van der Waals surface area (Å²) < 4.78 is 0. The summed E-state index contributed by atoms with van der Waals surface area (Å²) in [4.78, 5) is 0. The van der Waals surface area contributed by atoms with Crippen LogP contribution < -0.4 is 5.32 Å². The highest BCUT2D eigenvalue weighted by atomic mass is 16.3. The normalized spacial score (nSPS) is 25.2. The zero-order chi connectivity index (χ0) is 13.8. The molecule has 1 aromatic rings. The van der Waals surface area contributed by atoms with E-state index in [4.69, 9.17) is 0 Å². The van der Waals surface area contributed by atoms with E-state index in [0.717, 1.165) is 31.4 Å². The monoisotopic (exact) mass is 265 g/mol. The molecule has 4 heteroatoms. The molecule has 1 aliphatic rings. The Labute approximate surface area is 114 Å². The van der Waals surface area contributed by atoms with Gasteiger partial charge in [-0.3, -0.25) is 0 Å². The highest BCUT2D eigenvalue weighted by Crippen LogP contribution is 2.29. The van der Waals surface area contributed by atoms with Crippen molar-refractivity contribution < 1.29 is 15.3 Å². The molecule has 3 unspecified atom stereocenters. The van der Waals surface area contributed by atoms with Crippen LogP contribution >= 0.6 is 0 Å². The van der Waals surface area contributed by atoms with Crippen LogP contribution in [0.15, 0.2) is 18.2 Å². The van der Waals surface area contributed by atoms with Crippen LogP contribution in [0.25, 0.3) is 0 Å². The highest BCUT2D eigenvalue weighted by molar-refractivity contribution is 5.40. The fourth-order valence-corrected chi connectivity index (χ4v) is 2.76. The van der Waals surface area contributed by atoms with Gasteiger partial charge in [0.15, 0.2) is 0 Å². The van der Waals surface area contributed by atoms with E-state index in [1.807, 2.05) is 6.92 Å². The summed E-state index contributed by atoms with van der Waals surface area (Å²) in [5, 5.41) is 32.4. The number of benzene rings is 1. The maximum absolute atomic E-state index is 9.92. The molecule has 0 aliphatic heterocycles. The molecule has 0 amide bonds. The van der Waals surface area contributed by atoms with Crippen LogP contribution in [0.1, 0.15) is 44.2 Å². The molecular formula is C15H23NO3. The van der Waals surface area contributed by atoms with Gasteiger partial charge in [0, 0.05) is 24.2 Å². The predicted octanol–water partition coefficient (Wildman–Crippen LogP) is 2.30. The summed E-state index contributed by atoms with van der Waals surface area (Å²) in [7, 11) is 0. The topological polar surface area (TPSA) is 72.7 Å². The van der Waals surface area contributed by atoms with Crippen LogP contribution in [-0.4, -0.2) is 28.0 Å². The van der Waals surface area contributed by atoms with Gasteiger partial charge in [-0.1, -0.05) is 18.9 Å². The zero-order valence-corrected chi connectivity index (χ0v) is 11.3. The standard InChI is InChI=1S/C15H23NO3/c1-10(13-7-6-12(17)8-15(13)19)16-9-11-4-2-3-5-14(11)18/h6-8,10-11,14,16-19H,2-5,9H2,1H3. The number of aliphatic hydroxyl groups is 1. The lowest BCUT2D eigenvalue weighted by atomic mass is 9.86. The molecule has 2 rings (SSSR count). The van der Waals surface area contributed by atoms with E-state index in [0.29, 0.717) is 5.92 Å². The van der Waals surface area contributed by atoms with Crippen LogP contribution in [0.5, 0.6) is 11.5 Å². The van der Waals surface area contributed by atoms with Crippen molar-refractivity contribution in [2.45, 2.75) is 44.8 Å². The molecule has 1 aromatic carbocycles. The van der Waals surface area contributed by atoms with Gasteiger partial charge in [-0.25, -0.2) is 0 Å². The van der Waals surface area contributed by atoms with Crippen molar-refractivity contribution in [2.75, 3.05) is 6.54 Å². The van der Waals surface area contributed by atoms with Gasteiger partial charge in [-0.05, 0) is 31.7 Å². The Morgan fingerprint density at radius 3 is 2.68 bits per heavy atom. The molecule has 0 spiro atoms. The summed E-state index contributed by atoms with van der Waals surface area (Å²) >= 11 is 0. The summed E-state index contributed by atoms with van der Waals surface area (Å²) in [6.45, 7) is 2.73. The lowest BCUT2D eigenvalue weighted by Gasteiger charge is -2.29. The molecule has 0 radical (unpaired) electrons. The molecule has 1 fully saturated rings. The second-order valence-electron chi connectivity index (χ2n) is 5.48. The average molecular weight is 265 g/mol. The third-order valence-corrected chi connectivity index (χ3v) is 4.04. The van der Waals surface area contributed by atoms with Crippen LogP contribution in [0, 0.1) is 5.92 Å². The Morgan fingerprint density at radius 1 is 1.26 bits per heavy atom. The van der Waals surface area contributed by atoms with E-state index in [1.54, 1.807) is 12.1 Å². The molecule has 0 aromatic heterocycles. The number of hydrogen-bond donors (Lipinski definition) is 4. The molecule has 0 bridgehead atoms. The molecule has 4 nitrogen and oxygen atoms in total. The van der Waals surface area contributed by atoms with Crippen molar-refractivity contribution in [3.63, 3.8) is 0 Å². The Morgan fingerprint density at radius 2 is 2.00 bits per heavy atom. The molecule has 1 aliphatic carbocycles. The first-order valence-corrected chi connectivity index (χ1v) is 7.01. The third-order valence-electron chi connectivity index (χ3n) is 4.04. The van der Waals surface area contributed by atoms with Gasteiger partial charge in [0.1, 0.15) is 11.5 Å². The number of hydrogen-bond acceptors (Lipinski definition) is 4. The van der Waals surface area contributed by atoms with Crippen molar-refractivity contribution in [1.29, 1.82) is 0 Å². The van der Waals surface area contributed by atoms with Gasteiger partial charge >= 0.3 is 0 Å². The summed E-state index contributed by atoms with van der Waals surface area (Å²) in [5.41, 5.74) is 0.767. The number of phenols is 2. The molecule has 4 N–H and O–H groups in total. The van der Waals surface area contributed by atoms with Crippen molar-refractivity contribution in [2.24, 2.45) is 5.92 Å². The van der Waals surface area contributed by atoms with Gasteiger partial charge in [0.25, 0.3) is 0 Å². The Bertz CT molecular complexity index is 422. The maximum Gasteiger partial charge on any atom is 0.124 e. The molecule has 3 atom stereocenters. The molecule has 0 heterocycles. The second kappa shape index (κ2) is 6.26. The van der Waals surface area contributed by atoms with Gasteiger partial charge in [0.05, 0.1) is 6.10 Å². The zero-order valence-electron chi connectivity index (χ0n) is 11.3. The minimum atomic E-state index is -0.207. The van der Waals surface area contributed by atoms with Crippen LogP contribution in [0.3, 0.4) is 0 Å². The Balaban J connectivity index is 1.91. The molecule has 0 saturated heterocycles. The smallest absolute Gasteiger partial charge is 0.124 e.